The Kier molecular flexibility index (Phi) is 14.7. The van der Waals surface area contributed by atoms with Crippen LogP contribution in [0.25, 0.3) is 5.32 Å². The Morgan fingerprint density at radius 3 is 1.29 bits per heavy atom. The average Bonchev–Trinajstić information content (AvgIpc) is 3.79. The monoisotopic (exact) mass is 652 g/mol. The first-order chi connectivity index (χ1) is 19.8. The SMILES string of the molecule is C[Si](C)(C)C[C@@H]([N-]c1ccccc1)C1(O)O[C@H](c2ccccc2)[C@@H](c2ccccc2)O1.[CH]1[CH][CH][CH][CH]1.[CH]1[CH][CH][CH][CH]1.[Zr+3]. The van der Waals surface area contributed by atoms with Gasteiger partial charge in [-0.05, 0) is 81.4 Å². The first kappa shape index (κ1) is 34.9. The van der Waals surface area contributed by atoms with E-state index in [9.17, 15) is 5.11 Å². The van der Waals surface area contributed by atoms with Gasteiger partial charge in [-0.3, -0.25) is 0 Å². The van der Waals surface area contributed by atoms with Gasteiger partial charge in [-0.2, -0.15) is 0 Å². The summed E-state index contributed by atoms with van der Waals surface area (Å²) in [5.74, 6) is -1.81. The third kappa shape index (κ3) is 11.2. The van der Waals surface area contributed by atoms with Crippen molar-refractivity contribution in [1.29, 1.82) is 0 Å². The van der Waals surface area contributed by atoms with Crippen molar-refractivity contribution in [2.45, 2.75) is 49.9 Å². The van der Waals surface area contributed by atoms with E-state index in [1.54, 1.807) is 0 Å². The number of ether oxygens (including phenoxy) is 2. The summed E-state index contributed by atoms with van der Waals surface area (Å²) in [5, 5.41) is 16.6. The van der Waals surface area contributed by atoms with Crippen molar-refractivity contribution in [3.05, 3.63) is 172 Å². The summed E-state index contributed by atoms with van der Waals surface area (Å²) in [6, 6.07) is 29.9. The molecule has 6 rings (SSSR count). The normalized spacial score (nSPS) is 21.6. The fourth-order valence-electron chi connectivity index (χ4n) is 4.62. The van der Waals surface area contributed by atoms with Crippen molar-refractivity contribution >= 4 is 13.8 Å². The molecule has 1 heterocycles. The maximum atomic E-state index is 11.7. The van der Waals surface area contributed by atoms with E-state index in [0.717, 1.165) is 22.9 Å². The molecule has 1 aliphatic heterocycles. The number of aliphatic hydroxyl groups is 1. The van der Waals surface area contributed by atoms with Gasteiger partial charge in [0.15, 0.2) is 0 Å². The number of nitrogens with zero attached hydrogens (tertiary/aromatic N) is 1. The minimum atomic E-state index is -1.81. The van der Waals surface area contributed by atoms with Gasteiger partial charge in [0.05, 0.1) is 0 Å². The number of para-hydroxylation sites is 1. The van der Waals surface area contributed by atoms with E-state index in [-0.39, 0.29) is 26.2 Å². The molecule has 1 saturated heterocycles. The second kappa shape index (κ2) is 17.7. The fourth-order valence-corrected chi connectivity index (χ4v) is 6.12. The minimum absolute atomic E-state index is 0. The number of hydrogen-bond acceptors (Lipinski definition) is 3. The van der Waals surface area contributed by atoms with Crippen molar-refractivity contribution in [3.63, 3.8) is 0 Å². The van der Waals surface area contributed by atoms with Gasteiger partial charge in [0.2, 0.25) is 0 Å². The molecule has 0 unspecified atom stereocenters. The smallest absolute Gasteiger partial charge is 0.676 e. The number of hydrogen-bond donors (Lipinski definition) is 1. The Labute approximate surface area is 274 Å². The van der Waals surface area contributed by atoms with Crippen LogP contribution in [0.4, 0.5) is 5.69 Å². The van der Waals surface area contributed by atoms with Crippen molar-refractivity contribution in [3.8, 4) is 0 Å². The topological polar surface area (TPSA) is 52.8 Å². The summed E-state index contributed by atoms with van der Waals surface area (Å²) in [6.45, 7) is 6.80. The van der Waals surface area contributed by atoms with Crippen LogP contribution in [-0.4, -0.2) is 25.2 Å². The third-order valence-corrected chi connectivity index (χ3v) is 8.13. The molecule has 0 bridgehead atoms. The zero-order chi connectivity index (χ0) is 29.0. The van der Waals surface area contributed by atoms with E-state index in [2.05, 4.69) is 19.6 Å². The van der Waals surface area contributed by atoms with Crippen LogP contribution in [0.1, 0.15) is 23.3 Å². The first-order valence-corrected chi connectivity index (χ1v) is 17.8. The molecule has 4 nitrogen and oxygen atoms in total. The van der Waals surface area contributed by atoms with Crippen LogP contribution < -0.4 is 0 Å². The summed E-state index contributed by atoms with van der Waals surface area (Å²) in [4.78, 5) is 0. The zero-order valence-corrected chi connectivity index (χ0v) is 28.0. The van der Waals surface area contributed by atoms with Gasteiger partial charge < -0.3 is 19.9 Å². The summed E-state index contributed by atoms with van der Waals surface area (Å²) >= 11 is 0. The zero-order valence-electron chi connectivity index (χ0n) is 24.6. The van der Waals surface area contributed by atoms with Gasteiger partial charge >= 0.3 is 26.2 Å². The van der Waals surface area contributed by atoms with Crippen molar-refractivity contribution in [2.75, 3.05) is 0 Å². The molecule has 0 aromatic heterocycles. The molecule has 0 amide bonds. The molecular formula is C36H40NO3SiZr+2. The molecule has 0 spiro atoms. The Morgan fingerprint density at radius 2 is 0.952 bits per heavy atom. The number of rotatable bonds is 7. The Hall–Kier alpha value is -1.56. The summed E-state index contributed by atoms with van der Waals surface area (Å²) in [5.41, 5.74) is 2.75. The fraction of sp³-hybridized carbons (Fsp3) is 0.222. The molecular weight excluding hydrogens is 614 g/mol. The van der Waals surface area contributed by atoms with Gasteiger partial charge in [-0.1, -0.05) is 117 Å². The molecule has 3 aromatic rings. The van der Waals surface area contributed by atoms with E-state index in [4.69, 9.17) is 14.8 Å². The molecule has 6 heteroatoms. The number of benzene rings is 3. The Balaban J connectivity index is 0.000000370. The van der Waals surface area contributed by atoms with Gasteiger partial charge in [0.1, 0.15) is 12.2 Å². The summed E-state index contributed by atoms with van der Waals surface area (Å²) in [6.07, 6.45) is 19.1. The molecule has 3 aromatic carbocycles. The van der Waals surface area contributed by atoms with Crippen LogP contribution in [0.2, 0.25) is 25.7 Å². The average molecular weight is 654 g/mol. The molecule has 3 fully saturated rings. The van der Waals surface area contributed by atoms with Crippen LogP contribution in [0, 0.1) is 64.2 Å². The molecule has 2 saturated carbocycles. The van der Waals surface area contributed by atoms with E-state index in [0.29, 0.717) is 0 Å². The van der Waals surface area contributed by atoms with Gasteiger partial charge in [0.25, 0.3) is 5.97 Å². The van der Waals surface area contributed by atoms with Gasteiger partial charge in [0, 0.05) is 8.07 Å². The van der Waals surface area contributed by atoms with Crippen LogP contribution in [-0.2, 0) is 35.7 Å². The molecule has 3 atom stereocenters. The largest absolute Gasteiger partial charge is 3.00 e. The van der Waals surface area contributed by atoms with Crippen LogP contribution in [0.15, 0.2) is 91.0 Å². The maximum Gasteiger partial charge on any atom is 3.00 e. The second-order valence-electron chi connectivity index (χ2n) is 11.2. The van der Waals surface area contributed by atoms with Crippen molar-refractivity contribution in [1.82, 2.24) is 0 Å². The molecule has 11 radical (unpaired) electrons. The van der Waals surface area contributed by atoms with E-state index >= 15 is 0 Å². The summed E-state index contributed by atoms with van der Waals surface area (Å²) in [7, 11) is -1.61. The second-order valence-corrected chi connectivity index (χ2v) is 16.7. The molecule has 1 N–H and O–H groups in total. The summed E-state index contributed by atoms with van der Waals surface area (Å²) < 4.78 is 12.7. The molecule has 213 valence electrons. The van der Waals surface area contributed by atoms with Gasteiger partial charge in [-0.15, -0.1) is 5.69 Å². The van der Waals surface area contributed by atoms with E-state index < -0.39 is 32.3 Å². The van der Waals surface area contributed by atoms with E-state index in [1.165, 1.54) is 0 Å². The Bertz CT molecular complexity index is 1050. The van der Waals surface area contributed by atoms with Gasteiger partial charge in [-0.25, -0.2) is 0 Å². The van der Waals surface area contributed by atoms with Crippen molar-refractivity contribution < 1.29 is 40.8 Å². The van der Waals surface area contributed by atoms with Crippen LogP contribution >= 0.6 is 0 Å². The Morgan fingerprint density at radius 1 is 0.619 bits per heavy atom. The quantitative estimate of drug-likeness (QED) is 0.260. The maximum absolute atomic E-state index is 11.7. The third-order valence-electron chi connectivity index (χ3n) is 6.52. The predicted octanol–water partition coefficient (Wildman–Crippen LogP) is 8.61. The van der Waals surface area contributed by atoms with Crippen molar-refractivity contribution in [2.24, 2.45) is 0 Å². The van der Waals surface area contributed by atoms with Crippen LogP contribution in [0.5, 0.6) is 0 Å². The predicted molar refractivity (Wildman–Crippen MR) is 170 cm³/mol. The molecule has 42 heavy (non-hydrogen) atoms. The van der Waals surface area contributed by atoms with E-state index in [1.807, 2.05) is 155 Å². The standard InChI is InChI=1S/C26H30NO3Si.2C5H5.Zr/c1-31(2,3)19-23(27-22-17-11-6-12-18-22)26(28)29-24(20-13-7-4-8-14-20)25(30-26)21-15-9-5-10-16-21;2*1-2-4-5-3-1;/h4-18,23-25,28H,19H2,1-3H3;2*1-5H;/q-1;;;+3/t23-,24-,25-;;;/m1.../s1. The molecule has 2 aliphatic carbocycles. The first-order valence-electron chi connectivity index (χ1n) is 14.1. The minimum Gasteiger partial charge on any atom is -0.676 e. The van der Waals surface area contributed by atoms with Crippen LogP contribution in [0.3, 0.4) is 0 Å². The molecule has 3 aliphatic rings.